The van der Waals surface area contributed by atoms with Crippen LogP contribution in [0, 0.1) is 11.7 Å². The summed E-state index contributed by atoms with van der Waals surface area (Å²) in [5.74, 6) is -0.585. The summed E-state index contributed by atoms with van der Waals surface area (Å²) in [6, 6.07) is 6.58. The van der Waals surface area contributed by atoms with Crippen LogP contribution in [0.25, 0.3) is 0 Å². The number of anilines is 1. The zero-order chi connectivity index (χ0) is 17.2. The molecule has 2 atom stereocenters. The lowest BCUT2D eigenvalue weighted by Crippen LogP contribution is -2.51. The zero-order valence-electron chi connectivity index (χ0n) is 13.6. The molecule has 7 heteroatoms. The highest BCUT2D eigenvalue weighted by Gasteiger charge is 2.38. The van der Waals surface area contributed by atoms with Crippen molar-refractivity contribution >= 4 is 22.4 Å². The van der Waals surface area contributed by atoms with Crippen LogP contribution in [0.15, 0.2) is 24.3 Å². The molecule has 24 heavy (non-hydrogen) atoms. The van der Waals surface area contributed by atoms with Gasteiger partial charge in [-0.3, -0.25) is 4.79 Å². The van der Waals surface area contributed by atoms with Gasteiger partial charge in [0.05, 0.1) is 5.92 Å². The molecule has 1 fully saturated rings. The minimum absolute atomic E-state index is 0.103. The van der Waals surface area contributed by atoms with Crippen LogP contribution in [0.3, 0.4) is 0 Å². The third-order valence-corrected chi connectivity index (χ3v) is 5.41. The molecule has 1 saturated carbocycles. The molecule has 3 rings (SSSR count). The fraction of sp³-hybridized carbons (Fsp3) is 0.471. The third kappa shape index (κ3) is 3.79. The van der Waals surface area contributed by atoms with Crippen LogP contribution < -0.4 is 11.1 Å². The Morgan fingerprint density at radius 2 is 2.21 bits per heavy atom. The number of hydrogen-bond acceptors (Lipinski definition) is 5. The second kappa shape index (κ2) is 6.94. The Kier molecular flexibility index (Phi) is 4.91. The highest BCUT2D eigenvalue weighted by Crippen LogP contribution is 2.32. The van der Waals surface area contributed by atoms with E-state index < -0.39 is 5.54 Å². The minimum Gasteiger partial charge on any atom is -0.325 e. The molecule has 0 spiro atoms. The normalized spacial score (nSPS) is 23.9. The number of nitrogens with one attached hydrogen (secondary N) is 1. The summed E-state index contributed by atoms with van der Waals surface area (Å²) in [5.41, 5.74) is 6.35. The first-order chi connectivity index (χ1) is 11.5. The van der Waals surface area contributed by atoms with Crippen LogP contribution in [0.2, 0.25) is 0 Å². The van der Waals surface area contributed by atoms with E-state index in [1.54, 1.807) is 18.2 Å². The van der Waals surface area contributed by atoms with Crippen molar-refractivity contribution < 1.29 is 9.18 Å². The number of halogens is 1. The number of carbonyl (C=O) groups is 1. The molecule has 1 aromatic carbocycles. The van der Waals surface area contributed by atoms with E-state index in [-0.39, 0.29) is 17.6 Å². The summed E-state index contributed by atoms with van der Waals surface area (Å²) in [4.78, 5) is 12.5. The number of hydrogen-bond donors (Lipinski definition) is 2. The topological polar surface area (TPSA) is 80.9 Å². The number of rotatable bonds is 4. The van der Waals surface area contributed by atoms with Crippen molar-refractivity contribution in [3.8, 4) is 0 Å². The molecule has 1 aromatic heterocycles. The van der Waals surface area contributed by atoms with E-state index >= 15 is 0 Å². The second-order valence-electron chi connectivity index (χ2n) is 6.56. The van der Waals surface area contributed by atoms with Gasteiger partial charge in [0.15, 0.2) is 0 Å². The van der Waals surface area contributed by atoms with Crippen molar-refractivity contribution in [3.05, 3.63) is 40.7 Å². The van der Waals surface area contributed by atoms with Gasteiger partial charge in [-0.05, 0) is 31.4 Å². The van der Waals surface area contributed by atoms with Gasteiger partial charge >= 0.3 is 0 Å². The highest BCUT2D eigenvalue weighted by atomic mass is 32.1. The maximum absolute atomic E-state index is 13.7. The van der Waals surface area contributed by atoms with E-state index in [0.717, 1.165) is 25.7 Å². The van der Waals surface area contributed by atoms with Gasteiger partial charge in [-0.1, -0.05) is 42.4 Å². The molecule has 0 aliphatic heterocycles. The molecule has 1 heterocycles. The first kappa shape index (κ1) is 17.0. The quantitative estimate of drug-likeness (QED) is 0.889. The number of amides is 1. The smallest absolute Gasteiger partial charge is 0.231 e. The molecule has 1 aliphatic rings. The van der Waals surface area contributed by atoms with E-state index in [1.165, 1.54) is 17.4 Å². The molecule has 5 nitrogen and oxygen atoms in total. The van der Waals surface area contributed by atoms with Crippen molar-refractivity contribution in [2.24, 2.45) is 11.7 Å². The van der Waals surface area contributed by atoms with Crippen molar-refractivity contribution in [3.63, 3.8) is 0 Å². The Labute approximate surface area is 144 Å². The van der Waals surface area contributed by atoms with Gasteiger partial charge in [0.2, 0.25) is 11.0 Å². The number of benzene rings is 1. The Morgan fingerprint density at radius 1 is 1.42 bits per heavy atom. The average Bonchev–Trinajstić information content (AvgIpc) is 2.96. The number of carbonyl (C=O) groups excluding carboxylic acids is 1. The monoisotopic (exact) mass is 348 g/mol. The number of aromatic nitrogens is 2. The molecule has 1 aliphatic carbocycles. The summed E-state index contributed by atoms with van der Waals surface area (Å²) in [6.45, 7) is 1.93. The molecule has 0 radical (unpaired) electrons. The summed E-state index contributed by atoms with van der Waals surface area (Å²) in [5, 5.41) is 12.0. The van der Waals surface area contributed by atoms with Crippen LogP contribution in [-0.4, -0.2) is 21.6 Å². The standard InChI is InChI=1S/C17H21FN4OS/c1-17(19)9-5-4-7-12(17)15(23)20-16-22-21-14(24-16)10-11-6-2-3-8-13(11)18/h2-3,6,8,12H,4-5,7,9-10,19H2,1H3,(H,20,22,23). The Morgan fingerprint density at radius 3 is 2.96 bits per heavy atom. The summed E-state index contributed by atoms with van der Waals surface area (Å²) < 4.78 is 13.7. The van der Waals surface area contributed by atoms with Crippen LogP contribution in [0.4, 0.5) is 9.52 Å². The molecule has 128 valence electrons. The lowest BCUT2D eigenvalue weighted by atomic mass is 9.74. The largest absolute Gasteiger partial charge is 0.325 e. The van der Waals surface area contributed by atoms with Crippen molar-refractivity contribution in [2.45, 2.75) is 44.6 Å². The molecule has 2 unspecified atom stereocenters. The van der Waals surface area contributed by atoms with Crippen LogP contribution >= 0.6 is 11.3 Å². The predicted octanol–water partition coefficient (Wildman–Crippen LogP) is 3.11. The SMILES string of the molecule is CC1(N)CCCCC1C(=O)Nc1nnc(Cc2ccccc2F)s1. The third-order valence-electron chi connectivity index (χ3n) is 4.57. The van der Waals surface area contributed by atoms with Gasteiger partial charge in [0, 0.05) is 12.0 Å². The van der Waals surface area contributed by atoms with Crippen molar-refractivity contribution in [1.29, 1.82) is 0 Å². The van der Waals surface area contributed by atoms with Crippen LogP contribution in [0.1, 0.15) is 43.2 Å². The fourth-order valence-corrected chi connectivity index (χ4v) is 3.93. The molecule has 0 bridgehead atoms. The van der Waals surface area contributed by atoms with Crippen LogP contribution in [0.5, 0.6) is 0 Å². The van der Waals surface area contributed by atoms with E-state index in [4.69, 9.17) is 5.73 Å². The summed E-state index contributed by atoms with van der Waals surface area (Å²) >= 11 is 1.27. The van der Waals surface area contributed by atoms with E-state index in [0.29, 0.717) is 22.1 Å². The Balaban J connectivity index is 1.65. The minimum atomic E-state index is -0.483. The molecule has 1 amide bonds. The van der Waals surface area contributed by atoms with Crippen LogP contribution in [-0.2, 0) is 11.2 Å². The zero-order valence-corrected chi connectivity index (χ0v) is 14.4. The fourth-order valence-electron chi connectivity index (χ4n) is 3.16. The van der Waals surface area contributed by atoms with E-state index in [1.807, 2.05) is 6.92 Å². The molecular weight excluding hydrogens is 327 g/mol. The first-order valence-corrected chi connectivity index (χ1v) is 8.93. The average molecular weight is 348 g/mol. The van der Waals surface area contributed by atoms with Gasteiger partial charge in [0.1, 0.15) is 10.8 Å². The molecule has 0 saturated heterocycles. The Hall–Kier alpha value is -1.86. The van der Waals surface area contributed by atoms with Crippen molar-refractivity contribution in [1.82, 2.24) is 10.2 Å². The molecule has 2 aromatic rings. The van der Waals surface area contributed by atoms with E-state index in [2.05, 4.69) is 15.5 Å². The van der Waals surface area contributed by atoms with Crippen molar-refractivity contribution in [2.75, 3.05) is 5.32 Å². The second-order valence-corrected chi connectivity index (χ2v) is 7.62. The van der Waals surface area contributed by atoms with Gasteiger partial charge in [-0.2, -0.15) is 0 Å². The van der Waals surface area contributed by atoms with Gasteiger partial charge < -0.3 is 11.1 Å². The molecule has 3 N–H and O–H groups in total. The predicted molar refractivity (Wildman–Crippen MR) is 92.3 cm³/mol. The summed E-state index contributed by atoms with van der Waals surface area (Å²) in [7, 11) is 0. The van der Waals surface area contributed by atoms with E-state index in [9.17, 15) is 9.18 Å². The van der Waals surface area contributed by atoms with Gasteiger partial charge in [0.25, 0.3) is 0 Å². The first-order valence-electron chi connectivity index (χ1n) is 8.11. The highest BCUT2D eigenvalue weighted by molar-refractivity contribution is 7.15. The lowest BCUT2D eigenvalue weighted by Gasteiger charge is -2.36. The maximum Gasteiger partial charge on any atom is 0.231 e. The maximum atomic E-state index is 13.7. The van der Waals surface area contributed by atoms with Gasteiger partial charge in [-0.25, -0.2) is 4.39 Å². The number of nitrogens with zero attached hydrogens (tertiary/aromatic N) is 2. The Bertz CT molecular complexity index is 731. The van der Waals surface area contributed by atoms with Gasteiger partial charge in [-0.15, -0.1) is 10.2 Å². The number of nitrogens with two attached hydrogens (primary N) is 1. The molecular formula is C17H21FN4OS. The summed E-state index contributed by atoms with van der Waals surface area (Å²) in [6.07, 6.45) is 4.07. The lowest BCUT2D eigenvalue weighted by molar-refractivity contribution is -0.122.